The summed E-state index contributed by atoms with van der Waals surface area (Å²) in [6, 6.07) is 7.71. The molecule has 0 saturated carbocycles. The van der Waals surface area contributed by atoms with Crippen LogP contribution in [-0.4, -0.2) is 45.7 Å². The predicted molar refractivity (Wildman–Crippen MR) is 106 cm³/mol. The van der Waals surface area contributed by atoms with E-state index in [0.29, 0.717) is 18.7 Å². The Kier molecular flexibility index (Phi) is 6.35. The molecule has 0 aliphatic heterocycles. The van der Waals surface area contributed by atoms with E-state index >= 15 is 0 Å². The maximum absolute atomic E-state index is 12.3. The molecule has 28 heavy (non-hydrogen) atoms. The molecule has 0 aliphatic rings. The molecule has 0 atom stereocenters. The second-order valence-corrected chi connectivity index (χ2v) is 6.99. The normalized spacial score (nSPS) is 10.9. The molecule has 3 aromatic rings. The fourth-order valence-corrected chi connectivity index (χ4v) is 3.39. The van der Waals surface area contributed by atoms with Crippen molar-refractivity contribution >= 4 is 17.7 Å². The lowest BCUT2D eigenvalue weighted by Gasteiger charge is -2.10. The Morgan fingerprint density at radius 3 is 2.61 bits per heavy atom. The Morgan fingerprint density at radius 1 is 1.25 bits per heavy atom. The number of thioether (sulfide) groups is 1. The zero-order valence-corrected chi connectivity index (χ0v) is 17.2. The number of amides is 1. The van der Waals surface area contributed by atoms with Gasteiger partial charge in [-0.1, -0.05) is 16.9 Å². The second kappa shape index (κ2) is 8.92. The SMILES string of the molecule is COc1ccc(-n2c(CCNC(=O)Cc3c(C)noc3C)nnc2SC)cc1. The average Bonchev–Trinajstić information content (AvgIpc) is 3.26. The van der Waals surface area contributed by atoms with Gasteiger partial charge in [0.1, 0.15) is 17.3 Å². The minimum absolute atomic E-state index is 0.0741. The minimum Gasteiger partial charge on any atom is -0.497 e. The Balaban J connectivity index is 1.66. The molecule has 0 fully saturated rings. The van der Waals surface area contributed by atoms with Crippen LogP contribution < -0.4 is 10.1 Å². The van der Waals surface area contributed by atoms with Gasteiger partial charge >= 0.3 is 0 Å². The van der Waals surface area contributed by atoms with E-state index in [4.69, 9.17) is 9.26 Å². The van der Waals surface area contributed by atoms with Gasteiger partial charge in [0, 0.05) is 24.2 Å². The topological polar surface area (TPSA) is 95.1 Å². The molecule has 1 aromatic carbocycles. The fraction of sp³-hybridized carbons (Fsp3) is 0.368. The second-order valence-electron chi connectivity index (χ2n) is 6.22. The molecule has 0 bridgehead atoms. The molecule has 9 heteroatoms. The molecule has 8 nitrogen and oxygen atoms in total. The summed E-state index contributed by atoms with van der Waals surface area (Å²) < 4.78 is 12.3. The highest BCUT2D eigenvalue weighted by Crippen LogP contribution is 2.22. The summed E-state index contributed by atoms with van der Waals surface area (Å²) in [4.78, 5) is 12.3. The monoisotopic (exact) mass is 401 g/mol. The molecule has 0 spiro atoms. The summed E-state index contributed by atoms with van der Waals surface area (Å²) in [5, 5.41) is 16.1. The number of aromatic nitrogens is 4. The molecule has 1 N–H and O–H groups in total. The summed E-state index contributed by atoms with van der Waals surface area (Å²) in [5.41, 5.74) is 2.53. The van der Waals surface area contributed by atoms with Gasteiger partial charge in [0.25, 0.3) is 0 Å². The fourth-order valence-electron chi connectivity index (χ4n) is 2.88. The van der Waals surface area contributed by atoms with Crippen LogP contribution in [0.1, 0.15) is 22.8 Å². The standard InChI is InChI=1S/C19H23N5O3S/c1-12-16(13(2)27-23-12)11-18(25)20-10-9-17-21-22-19(28-4)24(17)14-5-7-15(26-3)8-6-14/h5-8H,9-11H2,1-4H3,(H,20,25). The third kappa shape index (κ3) is 4.36. The molecule has 148 valence electrons. The number of methoxy groups -OCH3 is 1. The maximum Gasteiger partial charge on any atom is 0.224 e. The van der Waals surface area contributed by atoms with Crippen molar-refractivity contribution in [2.75, 3.05) is 19.9 Å². The molecule has 0 unspecified atom stereocenters. The van der Waals surface area contributed by atoms with Crippen molar-refractivity contribution in [3.05, 3.63) is 47.1 Å². The number of carbonyl (C=O) groups excluding carboxylic acids is 1. The summed E-state index contributed by atoms with van der Waals surface area (Å²) in [5.74, 6) is 2.18. The smallest absolute Gasteiger partial charge is 0.224 e. The van der Waals surface area contributed by atoms with Gasteiger partial charge in [-0.2, -0.15) is 0 Å². The van der Waals surface area contributed by atoms with Crippen LogP contribution in [0.3, 0.4) is 0 Å². The summed E-state index contributed by atoms with van der Waals surface area (Å²) >= 11 is 1.52. The minimum atomic E-state index is -0.0741. The highest BCUT2D eigenvalue weighted by Gasteiger charge is 2.15. The predicted octanol–water partition coefficient (Wildman–Crippen LogP) is 2.50. The first-order valence-corrected chi connectivity index (χ1v) is 10.1. The molecule has 0 aliphatic carbocycles. The van der Waals surface area contributed by atoms with Crippen molar-refractivity contribution in [1.82, 2.24) is 25.2 Å². The van der Waals surface area contributed by atoms with E-state index in [9.17, 15) is 4.79 Å². The number of rotatable bonds is 8. The molecule has 0 radical (unpaired) electrons. The Bertz CT molecular complexity index is 930. The zero-order chi connectivity index (χ0) is 20.1. The van der Waals surface area contributed by atoms with Crippen LogP contribution in [0.2, 0.25) is 0 Å². The van der Waals surface area contributed by atoms with E-state index in [1.165, 1.54) is 11.8 Å². The lowest BCUT2D eigenvalue weighted by Crippen LogP contribution is -2.28. The van der Waals surface area contributed by atoms with Crippen molar-refractivity contribution < 1.29 is 14.1 Å². The van der Waals surface area contributed by atoms with E-state index < -0.39 is 0 Å². The quantitative estimate of drug-likeness (QED) is 0.580. The third-order valence-corrected chi connectivity index (χ3v) is 5.03. The largest absolute Gasteiger partial charge is 0.497 e. The van der Waals surface area contributed by atoms with Crippen molar-refractivity contribution in [2.24, 2.45) is 0 Å². The molecular weight excluding hydrogens is 378 g/mol. The van der Waals surface area contributed by atoms with E-state index in [1.54, 1.807) is 7.11 Å². The number of hydrogen-bond acceptors (Lipinski definition) is 7. The van der Waals surface area contributed by atoms with Gasteiger partial charge < -0.3 is 14.6 Å². The number of carbonyl (C=O) groups is 1. The Morgan fingerprint density at radius 2 is 2.00 bits per heavy atom. The van der Waals surface area contributed by atoms with Gasteiger partial charge in [-0.15, -0.1) is 10.2 Å². The number of benzene rings is 1. The van der Waals surface area contributed by atoms with Gasteiger partial charge in [0.15, 0.2) is 5.16 Å². The molecule has 2 heterocycles. The van der Waals surface area contributed by atoms with Crippen LogP contribution >= 0.6 is 11.8 Å². The van der Waals surface area contributed by atoms with Crippen LogP contribution in [0.4, 0.5) is 0 Å². The molecule has 0 saturated heterocycles. The maximum atomic E-state index is 12.3. The Labute approximate surface area is 167 Å². The number of nitrogens with one attached hydrogen (secondary N) is 1. The van der Waals surface area contributed by atoms with Crippen LogP contribution in [0.15, 0.2) is 33.9 Å². The number of nitrogens with zero attached hydrogens (tertiary/aromatic N) is 4. The van der Waals surface area contributed by atoms with Crippen molar-refractivity contribution in [2.45, 2.75) is 31.8 Å². The molecular formula is C19H23N5O3S. The van der Waals surface area contributed by atoms with Crippen molar-refractivity contribution in [3.63, 3.8) is 0 Å². The Hall–Kier alpha value is -2.81. The van der Waals surface area contributed by atoms with Gasteiger partial charge in [0.2, 0.25) is 5.91 Å². The van der Waals surface area contributed by atoms with Gasteiger partial charge in [-0.3, -0.25) is 9.36 Å². The van der Waals surface area contributed by atoms with Crippen LogP contribution in [0.5, 0.6) is 5.75 Å². The summed E-state index contributed by atoms with van der Waals surface area (Å²) in [6.07, 6.45) is 2.77. The van der Waals surface area contributed by atoms with Gasteiger partial charge in [0.05, 0.1) is 19.2 Å². The number of aryl methyl sites for hydroxylation is 2. The van der Waals surface area contributed by atoms with Gasteiger partial charge in [-0.25, -0.2) is 0 Å². The van der Waals surface area contributed by atoms with Crippen molar-refractivity contribution in [1.29, 1.82) is 0 Å². The third-order valence-electron chi connectivity index (χ3n) is 4.40. The van der Waals surface area contributed by atoms with Crippen LogP contribution in [0.25, 0.3) is 5.69 Å². The van der Waals surface area contributed by atoms with E-state index in [1.807, 2.05) is 48.9 Å². The van der Waals surface area contributed by atoms with E-state index in [-0.39, 0.29) is 12.3 Å². The van der Waals surface area contributed by atoms with Crippen LogP contribution in [0, 0.1) is 13.8 Å². The summed E-state index contributed by atoms with van der Waals surface area (Å²) in [6.45, 7) is 4.11. The first-order chi connectivity index (χ1) is 13.5. The highest BCUT2D eigenvalue weighted by molar-refractivity contribution is 7.98. The lowest BCUT2D eigenvalue weighted by atomic mass is 10.1. The average molecular weight is 401 g/mol. The first kappa shape index (κ1) is 19.9. The summed E-state index contributed by atoms with van der Waals surface area (Å²) in [7, 11) is 1.64. The number of ether oxygens (including phenoxy) is 1. The van der Waals surface area contributed by atoms with Crippen LogP contribution in [-0.2, 0) is 17.6 Å². The van der Waals surface area contributed by atoms with E-state index in [2.05, 4.69) is 20.7 Å². The van der Waals surface area contributed by atoms with Gasteiger partial charge in [-0.05, 0) is 44.4 Å². The van der Waals surface area contributed by atoms with E-state index in [0.717, 1.165) is 33.7 Å². The van der Waals surface area contributed by atoms with Crippen molar-refractivity contribution in [3.8, 4) is 11.4 Å². The molecule has 1 amide bonds. The zero-order valence-electron chi connectivity index (χ0n) is 16.4. The number of hydrogen-bond donors (Lipinski definition) is 1. The lowest BCUT2D eigenvalue weighted by molar-refractivity contribution is -0.120. The molecule has 3 rings (SSSR count). The highest BCUT2D eigenvalue weighted by atomic mass is 32.2. The first-order valence-electron chi connectivity index (χ1n) is 8.84. The molecule has 2 aromatic heterocycles.